The van der Waals surface area contributed by atoms with E-state index in [0.717, 1.165) is 0 Å². The van der Waals surface area contributed by atoms with E-state index in [1.165, 1.54) is 0 Å². The van der Waals surface area contributed by atoms with E-state index in [2.05, 4.69) is 4.98 Å². The van der Waals surface area contributed by atoms with Crippen molar-refractivity contribution in [3.05, 3.63) is 18.3 Å². The molecule has 0 saturated carbocycles. The van der Waals surface area contributed by atoms with Gasteiger partial charge in [-0.2, -0.15) is 0 Å². The summed E-state index contributed by atoms with van der Waals surface area (Å²) in [6, 6.07) is -1.80. The van der Waals surface area contributed by atoms with E-state index in [1.807, 2.05) is 0 Å². The lowest BCUT2D eigenvalue weighted by molar-refractivity contribution is 0.00578. The maximum Gasteiger partial charge on any atom is 0.496 e. The number of anilines is 1. The number of pyridine rings is 1. The van der Waals surface area contributed by atoms with Crippen molar-refractivity contribution in [2.24, 2.45) is 5.89 Å². The van der Waals surface area contributed by atoms with Crippen molar-refractivity contribution in [2.75, 3.05) is 17.9 Å². The molecule has 0 amide bonds. The van der Waals surface area contributed by atoms with Gasteiger partial charge >= 0.3 is 7.12 Å². The predicted octanol–water partition coefficient (Wildman–Crippen LogP) is 2.62. The van der Waals surface area contributed by atoms with Gasteiger partial charge in [0.2, 0.25) is 0 Å². The molecule has 0 atom stereocenters. The molecule has 0 spiro atoms. The first-order chi connectivity index (χ1) is 16.1. The maximum absolute atomic E-state index is 8.46. The van der Waals surface area contributed by atoms with Crippen LogP contribution in [0.25, 0.3) is 0 Å². The summed E-state index contributed by atoms with van der Waals surface area (Å²) >= 11 is 0. The molecule has 22 heavy (non-hydrogen) atoms. The lowest BCUT2D eigenvalue weighted by Gasteiger charge is -2.32. The number of hydrogen-bond donors (Lipinski definition) is 0. The van der Waals surface area contributed by atoms with E-state index >= 15 is 0 Å². The Labute approximate surface area is 155 Å². The minimum absolute atomic E-state index is 0.217. The molecule has 1 aromatic heterocycles. The normalized spacial score (nSPS) is 45.9. The maximum atomic E-state index is 8.46. The smallest absolute Gasteiger partial charge is 0.399 e. The molecule has 3 rings (SSSR count). The van der Waals surface area contributed by atoms with Gasteiger partial charge in [-0.1, -0.05) is 12.9 Å². The van der Waals surface area contributed by atoms with Gasteiger partial charge in [0.15, 0.2) is 0 Å². The molecule has 2 aliphatic heterocycles. The van der Waals surface area contributed by atoms with E-state index in [0.29, 0.717) is 0 Å². The fourth-order valence-corrected chi connectivity index (χ4v) is 1.86. The first-order valence-electron chi connectivity index (χ1n) is 14.3. The summed E-state index contributed by atoms with van der Waals surface area (Å²) in [7, 11) is -1.35. The second kappa shape index (κ2) is 5.53. The van der Waals surface area contributed by atoms with E-state index in [9.17, 15) is 0 Å². The molecule has 2 fully saturated rings. The second-order valence-electron chi connectivity index (χ2n) is 5.98. The highest BCUT2D eigenvalue weighted by Gasteiger charge is 2.51. The SMILES string of the molecule is [2H]c1nc(N2C([2H])([2H])C([2H])([2H])C([2H])(C([2H])([2H])[2H])C([2H])([2H])C2([2H])[2H])c([2H])c([2H])c1B1OC(C)(C)C(C)(C)O1. The van der Waals surface area contributed by atoms with Crippen LogP contribution in [0.2, 0.25) is 0 Å². The zero-order valence-corrected chi connectivity index (χ0v) is 12.8. The molecule has 0 unspecified atom stereocenters. The number of hydrogen-bond acceptors (Lipinski definition) is 4. The van der Waals surface area contributed by atoms with Crippen LogP contribution in [-0.4, -0.2) is 36.3 Å². The molecular formula is C17H27BN2O2. The lowest BCUT2D eigenvalue weighted by atomic mass is 9.80. The summed E-state index contributed by atoms with van der Waals surface area (Å²) < 4.78 is 135. The first-order valence-corrected chi connectivity index (χ1v) is 6.79. The summed E-state index contributed by atoms with van der Waals surface area (Å²) in [5.41, 5.74) is -2.15. The van der Waals surface area contributed by atoms with Crippen molar-refractivity contribution in [3.63, 3.8) is 0 Å². The summed E-state index contributed by atoms with van der Waals surface area (Å²) in [5, 5.41) is 0. The molecular weight excluding hydrogens is 275 g/mol. The van der Waals surface area contributed by atoms with Gasteiger partial charge in [0.1, 0.15) is 5.82 Å². The quantitative estimate of drug-likeness (QED) is 0.786. The highest BCUT2D eigenvalue weighted by molar-refractivity contribution is 6.62. The molecule has 0 aromatic carbocycles. The van der Waals surface area contributed by atoms with Gasteiger partial charge in [0.05, 0.1) is 15.3 Å². The van der Waals surface area contributed by atoms with E-state index in [-0.39, 0.29) is 10.4 Å². The topological polar surface area (TPSA) is 34.6 Å². The minimum Gasteiger partial charge on any atom is -0.399 e. The summed E-state index contributed by atoms with van der Waals surface area (Å²) in [5.74, 6) is -5.07. The van der Waals surface area contributed by atoms with E-state index in [1.54, 1.807) is 27.7 Å². The molecule has 4 nitrogen and oxygen atoms in total. The van der Waals surface area contributed by atoms with Gasteiger partial charge in [0, 0.05) is 41.1 Å². The van der Waals surface area contributed by atoms with Crippen molar-refractivity contribution in [1.29, 1.82) is 0 Å². The van der Waals surface area contributed by atoms with Gasteiger partial charge in [-0.05, 0) is 52.4 Å². The zero-order chi connectivity index (χ0) is 29.2. The van der Waals surface area contributed by atoms with Crippen molar-refractivity contribution >= 4 is 18.4 Å². The summed E-state index contributed by atoms with van der Waals surface area (Å²) in [6.45, 7) is -4.61. The molecule has 2 saturated heterocycles. The highest BCUT2D eigenvalue weighted by Crippen LogP contribution is 2.36. The van der Waals surface area contributed by atoms with Gasteiger partial charge < -0.3 is 14.2 Å². The third kappa shape index (κ3) is 2.89. The van der Waals surface area contributed by atoms with Crippen LogP contribution in [0.15, 0.2) is 18.3 Å². The Bertz CT molecular complexity index is 1080. The van der Waals surface area contributed by atoms with Gasteiger partial charge in [0.25, 0.3) is 0 Å². The van der Waals surface area contributed by atoms with Crippen LogP contribution < -0.4 is 10.4 Å². The Morgan fingerprint density at radius 2 is 1.95 bits per heavy atom. The van der Waals surface area contributed by atoms with E-state index in [4.69, 9.17) is 29.9 Å². The third-order valence-corrected chi connectivity index (χ3v) is 3.88. The van der Waals surface area contributed by atoms with Crippen molar-refractivity contribution in [2.45, 2.75) is 58.5 Å². The van der Waals surface area contributed by atoms with Gasteiger partial charge in [-0.3, -0.25) is 0 Å². The molecule has 0 bridgehead atoms. The van der Waals surface area contributed by atoms with Crippen LogP contribution in [0.3, 0.4) is 0 Å². The Kier molecular flexibility index (Phi) is 1.45. The van der Waals surface area contributed by atoms with Gasteiger partial charge in [-0.15, -0.1) is 0 Å². The lowest BCUT2D eigenvalue weighted by Crippen LogP contribution is -2.41. The van der Waals surface area contributed by atoms with Crippen LogP contribution in [0, 0.1) is 5.89 Å². The Balaban J connectivity index is 2.29. The van der Waals surface area contributed by atoms with Gasteiger partial charge in [-0.25, -0.2) is 4.98 Å². The van der Waals surface area contributed by atoms with E-state index < -0.39 is 80.9 Å². The largest absolute Gasteiger partial charge is 0.496 e. The van der Waals surface area contributed by atoms with Crippen LogP contribution in [0.5, 0.6) is 0 Å². The summed E-state index contributed by atoms with van der Waals surface area (Å²) in [6.07, 6.45) is -8.63. The number of piperidine rings is 1. The predicted molar refractivity (Wildman–Crippen MR) is 90.6 cm³/mol. The molecule has 5 heteroatoms. The standard InChI is InChI=1S/C17H27BN2O2/c1-13-8-10-20(11-9-13)15-7-6-14(12-19-15)18-21-16(2,3)17(4,5)22-18/h6-7,12-13H,8-11H2,1-5H3/i1D3,6D,7D,8D2,9D2,10D2,11D2,12D,13D. The monoisotopic (exact) mass is 317 g/mol. The average Bonchev–Trinajstić information content (AvgIpc) is 2.89. The average molecular weight is 317 g/mol. The number of aromatic nitrogens is 1. The zero-order valence-electron chi connectivity index (χ0n) is 27.8. The Morgan fingerprint density at radius 1 is 1.32 bits per heavy atom. The van der Waals surface area contributed by atoms with Crippen LogP contribution >= 0.6 is 0 Å². The molecule has 1 aromatic rings. The first kappa shape index (κ1) is 5.78. The number of nitrogens with zero attached hydrogens (tertiary/aromatic N) is 2. The second-order valence-corrected chi connectivity index (χ2v) is 5.98. The number of rotatable bonds is 2. The molecule has 120 valence electrons. The Morgan fingerprint density at radius 3 is 2.55 bits per heavy atom. The molecule has 2 aliphatic rings. The van der Waals surface area contributed by atoms with Crippen LogP contribution in [-0.2, 0) is 9.31 Å². The van der Waals surface area contributed by atoms with Crippen molar-refractivity contribution in [1.82, 2.24) is 4.98 Å². The minimum atomic E-state index is -3.95. The molecule has 0 radical (unpaired) electrons. The van der Waals surface area contributed by atoms with Crippen molar-refractivity contribution < 1.29 is 29.9 Å². The third-order valence-electron chi connectivity index (χ3n) is 3.88. The van der Waals surface area contributed by atoms with Crippen LogP contribution in [0.4, 0.5) is 5.82 Å². The highest BCUT2D eigenvalue weighted by atomic mass is 16.7. The molecule has 0 aliphatic carbocycles. The Hall–Kier alpha value is -1.07. The fourth-order valence-electron chi connectivity index (χ4n) is 1.86. The van der Waals surface area contributed by atoms with Crippen molar-refractivity contribution in [3.8, 4) is 0 Å². The fraction of sp³-hybridized carbons (Fsp3) is 0.706. The van der Waals surface area contributed by atoms with Crippen LogP contribution in [0.1, 0.15) is 67.9 Å². The molecule has 3 heterocycles. The molecule has 0 N–H and O–H groups in total. The summed E-state index contributed by atoms with van der Waals surface area (Å²) in [4.78, 5) is 3.52.